The van der Waals surface area contributed by atoms with E-state index in [4.69, 9.17) is 0 Å². The molecule has 20 heavy (non-hydrogen) atoms. The van der Waals surface area contributed by atoms with Crippen LogP contribution in [-0.4, -0.2) is 0 Å². The van der Waals surface area contributed by atoms with Gasteiger partial charge in [0, 0.05) is 10.0 Å². The van der Waals surface area contributed by atoms with Crippen LogP contribution in [0.25, 0.3) is 0 Å². The maximum Gasteiger partial charge on any atom is 0.416 e. The van der Waals surface area contributed by atoms with Crippen molar-refractivity contribution < 1.29 is 17.6 Å². The molecule has 106 valence electrons. The van der Waals surface area contributed by atoms with Crippen molar-refractivity contribution in [1.29, 1.82) is 0 Å². The molecule has 0 nitrogen and oxygen atoms in total. The van der Waals surface area contributed by atoms with Crippen molar-refractivity contribution in [3.8, 4) is 0 Å². The summed E-state index contributed by atoms with van der Waals surface area (Å²) in [5, 5.41) is 0. The molecule has 2 aromatic carbocycles. The quantitative estimate of drug-likeness (QED) is 0.414. The van der Waals surface area contributed by atoms with Gasteiger partial charge in [0.2, 0.25) is 0 Å². The second kappa shape index (κ2) is 5.85. The van der Waals surface area contributed by atoms with E-state index < -0.39 is 22.4 Å². The largest absolute Gasteiger partial charge is 0.416 e. The van der Waals surface area contributed by atoms with E-state index in [1.165, 1.54) is 0 Å². The van der Waals surface area contributed by atoms with Crippen LogP contribution in [0, 0.1) is 5.82 Å². The first-order valence-electron chi connectivity index (χ1n) is 5.55. The lowest BCUT2D eigenvalue weighted by atomic mass is 10.0. The van der Waals surface area contributed by atoms with Gasteiger partial charge in [-0.15, -0.1) is 0 Å². The van der Waals surface area contributed by atoms with Crippen molar-refractivity contribution >= 4 is 31.9 Å². The molecule has 0 aromatic heterocycles. The first-order chi connectivity index (χ1) is 9.29. The van der Waals surface area contributed by atoms with Crippen LogP contribution in [-0.2, 0) is 6.18 Å². The van der Waals surface area contributed by atoms with Crippen LogP contribution >= 0.6 is 31.9 Å². The van der Waals surface area contributed by atoms with Gasteiger partial charge < -0.3 is 0 Å². The number of hydrogen-bond donors (Lipinski definition) is 0. The van der Waals surface area contributed by atoms with Crippen molar-refractivity contribution in [3.05, 3.63) is 69.4 Å². The van der Waals surface area contributed by atoms with Gasteiger partial charge in [-0.05, 0) is 35.9 Å². The van der Waals surface area contributed by atoms with Gasteiger partial charge in [0.05, 0.1) is 10.4 Å². The Morgan fingerprint density at radius 3 is 2.10 bits per heavy atom. The highest BCUT2D eigenvalue weighted by Crippen LogP contribution is 2.37. The molecule has 0 fully saturated rings. The fraction of sp³-hybridized carbons (Fsp3) is 0.143. The Morgan fingerprint density at radius 2 is 1.55 bits per heavy atom. The van der Waals surface area contributed by atoms with E-state index in [2.05, 4.69) is 31.9 Å². The second-order valence-electron chi connectivity index (χ2n) is 4.15. The molecule has 0 aliphatic heterocycles. The van der Waals surface area contributed by atoms with Gasteiger partial charge in [-0.25, -0.2) is 4.39 Å². The molecule has 1 atom stereocenters. The molecule has 0 spiro atoms. The Balaban J connectivity index is 2.43. The molecule has 6 heteroatoms. The third kappa shape index (κ3) is 3.41. The summed E-state index contributed by atoms with van der Waals surface area (Å²) in [6, 6.07) is 9.32. The zero-order chi connectivity index (χ0) is 14.9. The van der Waals surface area contributed by atoms with Crippen LogP contribution in [0.1, 0.15) is 21.5 Å². The Bertz CT molecular complexity index is 606. The fourth-order valence-electron chi connectivity index (χ4n) is 1.73. The van der Waals surface area contributed by atoms with Gasteiger partial charge in [-0.2, -0.15) is 13.2 Å². The van der Waals surface area contributed by atoms with Crippen LogP contribution < -0.4 is 0 Å². The van der Waals surface area contributed by atoms with Gasteiger partial charge in [0.1, 0.15) is 5.82 Å². The maximum atomic E-state index is 13.8. The highest BCUT2D eigenvalue weighted by atomic mass is 79.9. The smallest absolute Gasteiger partial charge is 0.207 e. The number of hydrogen-bond acceptors (Lipinski definition) is 0. The predicted octanol–water partition coefficient (Wildman–Crippen LogP) is 6.09. The highest BCUT2D eigenvalue weighted by Gasteiger charge is 2.32. The van der Waals surface area contributed by atoms with Crippen LogP contribution in [0.5, 0.6) is 0 Å². The molecule has 0 saturated carbocycles. The van der Waals surface area contributed by atoms with Gasteiger partial charge in [-0.3, -0.25) is 0 Å². The zero-order valence-corrected chi connectivity index (χ0v) is 13.1. The lowest BCUT2D eigenvalue weighted by Gasteiger charge is -2.14. The molecule has 0 N–H and O–H groups in total. The SMILES string of the molecule is Fc1ccc(C(F)(F)F)cc1C(Br)c1ccc(Br)cc1. The van der Waals surface area contributed by atoms with E-state index in [1.807, 2.05) is 0 Å². The van der Waals surface area contributed by atoms with Crippen molar-refractivity contribution in [3.63, 3.8) is 0 Å². The van der Waals surface area contributed by atoms with Crippen molar-refractivity contribution in [1.82, 2.24) is 0 Å². The van der Waals surface area contributed by atoms with E-state index in [0.29, 0.717) is 5.56 Å². The number of rotatable bonds is 2. The third-order valence-electron chi connectivity index (χ3n) is 2.76. The standard InChI is InChI=1S/C14H8Br2F4/c15-10-4-1-8(2-5-10)13(16)11-7-9(14(18,19)20)3-6-12(11)17/h1-7,13H. The summed E-state index contributed by atoms with van der Waals surface area (Å²) in [5.74, 6) is -0.678. The second-order valence-corrected chi connectivity index (χ2v) is 5.98. The van der Waals surface area contributed by atoms with Gasteiger partial charge in [-0.1, -0.05) is 44.0 Å². The van der Waals surface area contributed by atoms with E-state index >= 15 is 0 Å². The Hall–Kier alpha value is -0.880. The lowest BCUT2D eigenvalue weighted by molar-refractivity contribution is -0.137. The fourth-order valence-corrected chi connectivity index (χ4v) is 2.65. The Kier molecular flexibility index (Phi) is 4.54. The number of alkyl halides is 4. The summed E-state index contributed by atoms with van der Waals surface area (Å²) in [4.78, 5) is -0.641. The molecule has 0 bridgehead atoms. The number of halogens is 6. The van der Waals surface area contributed by atoms with Crippen molar-refractivity contribution in [2.24, 2.45) is 0 Å². The average Bonchev–Trinajstić information content (AvgIpc) is 2.38. The molecule has 1 unspecified atom stereocenters. The summed E-state index contributed by atoms with van der Waals surface area (Å²) < 4.78 is 52.6. The predicted molar refractivity (Wildman–Crippen MR) is 76.3 cm³/mol. The maximum absolute atomic E-state index is 13.8. The number of benzene rings is 2. The van der Waals surface area contributed by atoms with E-state index in [1.54, 1.807) is 24.3 Å². The average molecular weight is 412 g/mol. The summed E-state index contributed by atoms with van der Waals surface area (Å²) in [6.45, 7) is 0. The van der Waals surface area contributed by atoms with E-state index in [9.17, 15) is 17.6 Å². The molecular weight excluding hydrogens is 404 g/mol. The van der Waals surface area contributed by atoms with Gasteiger partial charge >= 0.3 is 6.18 Å². The summed E-state index contributed by atoms with van der Waals surface area (Å²) >= 11 is 6.51. The lowest BCUT2D eigenvalue weighted by Crippen LogP contribution is -2.07. The van der Waals surface area contributed by atoms with Crippen LogP contribution in [0.2, 0.25) is 0 Å². The minimum Gasteiger partial charge on any atom is -0.207 e. The summed E-state index contributed by atoms with van der Waals surface area (Å²) in [7, 11) is 0. The van der Waals surface area contributed by atoms with E-state index in [-0.39, 0.29) is 5.56 Å². The zero-order valence-electron chi connectivity index (χ0n) is 9.89. The van der Waals surface area contributed by atoms with Gasteiger partial charge in [0.25, 0.3) is 0 Å². The normalized spacial score (nSPS) is 13.3. The molecule has 0 heterocycles. The third-order valence-corrected chi connectivity index (χ3v) is 4.31. The van der Waals surface area contributed by atoms with Crippen molar-refractivity contribution in [2.45, 2.75) is 11.0 Å². The monoisotopic (exact) mass is 410 g/mol. The van der Waals surface area contributed by atoms with Gasteiger partial charge in [0.15, 0.2) is 0 Å². The minimum absolute atomic E-state index is 0.0397. The van der Waals surface area contributed by atoms with Crippen LogP contribution in [0.15, 0.2) is 46.9 Å². The highest BCUT2D eigenvalue weighted by molar-refractivity contribution is 9.10. The molecule has 0 radical (unpaired) electrons. The molecule has 0 saturated heterocycles. The molecule has 2 rings (SSSR count). The summed E-state index contributed by atoms with van der Waals surface area (Å²) in [6.07, 6.45) is -4.49. The molecule has 0 amide bonds. The first kappa shape index (κ1) is 15.5. The van der Waals surface area contributed by atoms with Crippen molar-refractivity contribution in [2.75, 3.05) is 0 Å². The topological polar surface area (TPSA) is 0 Å². The summed E-state index contributed by atoms with van der Waals surface area (Å²) in [5.41, 5.74) is -0.232. The Labute approximate surface area is 130 Å². The van der Waals surface area contributed by atoms with E-state index in [0.717, 1.165) is 22.7 Å². The minimum atomic E-state index is -4.49. The first-order valence-corrected chi connectivity index (χ1v) is 7.26. The molecule has 0 aliphatic rings. The molecule has 2 aromatic rings. The Morgan fingerprint density at radius 1 is 0.950 bits per heavy atom. The molecular formula is C14H8Br2F4. The van der Waals surface area contributed by atoms with Crippen LogP contribution in [0.3, 0.4) is 0 Å². The van der Waals surface area contributed by atoms with Crippen LogP contribution in [0.4, 0.5) is 17.6 Å². The molecule has 0 aliphatic carbocycles.